The van der Waals surface area contributed by atoms with E-state index in [9.17, 15) is 23.6 Å². The van der Waals surface area contributed by atoms with E-state index >= 15 is 0 Å². The predicted octanol–water partition coefficient (Wildman–Crippen LogP) is 3.46. The van der Waals surface area contributed by atoms with Gasteiger partial charge in [-0.1, -0.05) is 48.5 Å². The van der Waals surface area contributed by atoms with E-state index in [1.54, 1.807) is 17.0 Å². The minimum atomic E-state index is -0.507. The lowest BCUT2D eigenvalue weighted by molar-refractivity contribution is -0.135. The van der Waals surface area contributed by atoms with E-state index in [2.05, 4.69) is 5.32 Å². The van der Waals surface area contributed by atoms with Crippen molar-refractivity contribution in [3.63, 3.8) is 0 Å². The average Bonchev–Trinajstić information content (AvgIpc) is 3.13. The van der Waals surface area contributed by atoms with Gasteiger partial charge in [-0.3, -0.25) is 24.1 Å². The summed E-state index contributed by atoms with van der Waals surface area (Å²) in [5, 5.41) is 2.34. The van der Waals surface area contributed by atoms with Crippen molar-refractivity contribution >= 4 is 40.8 Å². The summed E-state index contributed by atoms with van der Waals surface area (Å²) in [5.74, 6) is -1.52. The van der Waals surface area contributed by atoms with Gasteiger partial charge in [-0.05, 0) is 42.3 Å². The first-order chi connectivity index (χ1) is 16.9. The number of nitrogens with one attached hydrogen (secondary N) is 1. The lowest BCUT2D eigenvalue weighted by Gasteiger charge is -2.32. The van der Waals surface area contributed by atoms with Crippen LogP contribution in [0.5, 0.6) is 0 Å². The summed E-state index contributed by atoms with van der Waals surface area (Å²) in [6.45, 7) is 1.11. The number of carbonyl (C=O) groups excluding carboxylic acids is 4. The van der Waals surface area contributed by atoms with Crippen LogP contribution in [0.1, 0.15) is 24.0 Å². The zero-order valence-corrected chi connectivity index (χ0v) is 19.9. The van der Waals surface area contributed by atoms with Gasteiger partial charge in [-0.25, -0.2) is 4.39 Å². The number of amides is 4. The van der Waals surface area contributed by atoms with Crippen LogP contribution in [0.15, 0.2) is 59.5 Å². The molecule has 1 N–H and O–H groups in total. The van der Waals surface area contributed by atoms with E-state index in [1.165, 1.54) is 18.2 Å². The number of nitrogens with zero attached hydrogens (tertiary/aromatic N) is 2. The number of hydrogen-bond acceptors (Lipinski definition) is 5. The van der Waals surface area contributed by atoms with Crippen LogP contribution in [0.4, 0.5) is 9.18 Å². The molecular formula is C26H26FN3O4S. The molecule has 2 heterocycles. The number of likely N-dealkylation sites (tertiary alicyclic amines) is 1. The Kier molecular flexibility index (Phi) is 7.97. The molecular weight excluding hydrogens is 469 g/mol. The van der Waals surface area contributed by atoms with Crippen LogP contribution >= 0.6 is 11.8 Å². The van der Waals surface area contributed by atoms with Crippen molar-refractivity contribution in [1.29, 1.82) is 0 Å². The molecule has 2 fully saturated rings. The molecule has 1 atom stereocenters. The van der Waals surface area contributed by atoms with Crippen LogP contribution in [0.3, 0.4) is 0 Å². The zero-order valence-electron chi connectivity index (χ0n) is 19.1. The summed E-state index contributed by atoms with van der Waals surface area (Å²) >= 11 is 0.751. The van der Waals surface area contributed by atoms with Gasteiger partial charge in [0.1, 0.15) is 5.82 Å². The van der Waals surface area contributed by atoms with Gasteiger partial charge in [0.25, 0.3) is 11.1 Å². The number of rotatable bonds is 7. The fourth-order valence-electron chi connectivity index (χ4n) is 4.16. The summed E-state index contributed by atoms with van der Waals surface area (Å²) in [6.07, 6.45) is 3.08. The molecule has 4 rings (SSSR count). The maximum atomic E-state index is 13.9. The molecule has 0 spiro atoms. The van der Waals surface area contributed by atoms with Crippen molar-refractivity contribution in [1.82, 2.24) is 15.1 Å². The summed E-state index contributed by atoms with van der Waals surface area (Å²) in [6, 6.07) is 15.5. The zero-order chi connectivity index (χ0) is 24.8. The van der Waals surface area contributed by atoms with Gasteiger partial charge in [0.05, 0.1) is 17.2 Å². The standard InChI is InChI=1S/C26H26FN3O4S/c27-21-11-5-4-9-19(21)16-22-25(33)30(26(34)35-22)14-12-28-24(32)20-10-6-13-29(17-20)23(31)15-18-7-2-1-3-8-18/h1-5,7-9,11,16,20H,6,10,12-15,17H2,(H,28,32)/b22-16-. The molecule has 1 unspecified atom stereocenters. The smallest absolute Gasteiger partial charge is 0.293 e. The quantitative estimate of drug-likeness (QED) is 0.595. The SMILES string of the molecule is O=C(NCCN1C(=O)S/C(=C\c2ccccc2F)C1=O)C1CCCN(C(=O)Cc2ccccc2)C1. The topological polar surface area (TPSA) is 86.8 Å². The number of hydrogen-bond donors (Lipinski definition) is 1. The molecule has 0 bridgehead atoms. The summed E-state index contributed by atoms with van der Waals surface area (Å²) in [7, 11) is 0. The molecule has 0 aromatic heterocycles. The average molecular weight is 496 g/mol. The Morgan fingerprint density at radius 3 is 2.60 bits per heavy atom. The van der Waals surface area contributed by atoms with E-state index in [0.29, 0.717) is 25.9 Å². The first-order valence-electron chi connectivity index (χ1n) is 11.5. The number of thioether (sulfide) groups is 1. The van der Waals surface area contributed by atoms with E-state index in [4.69, 9.17) is 0 Å². The van der Waals surface area contributed by atoms with Gasteiger partial charge in [0, 0.05) is 31.7 Å². The van der Waals surface area contributed by atoms with E-state index < -0.39 is 17.0 Å². The second kappa shape index (κ2) is 11.3. The molecule has 2 saturated heterocycles. The molecule has 9 heteroatoms. The van der Waals surface area contributed by atoms with Crippen LogP contribution in [0.25, 0.3) is 6.08 Å². The molecule has 2 aromatic rings. The molecule has 0 radical (unpaired) electrons. The van der Waals surface area contributed by atoms with Gasteiger partial charge in [-0.2, -0.15) is 0 Å². The third-order valence-electron chi connectivity index (χ3n) is 6.04. The maximum absolute atomic E-state index is 13.9. The second-order valence-electron chi connectivity index (χ2n) is 8.49. The van der Waals surface area contributed by atoms with E-state index in [-0.39, 0.29) is 41.3 Å². The molecule has 2 aliphatic heterocycles. The molecule has 0 aliphatic carbocycles. The Bertz CT molecular complexity index is 1150. The first-order valence-corrected chi connectivity index (χ1v) is 12.3. The third kappa shape index (κ3) is 6.16. The highest BCUT2D eigenvalue weighted by molar-refractivity contribution is 8.18. The Balaban J connectivity index is 1.27. The Morgan fingerprint density at radius 2 is 1.83 bits per heavy atom. The lowest BCUT2D eigenvalue weighted by Crippen LogP contribution is -2.47. The number of imide groups is 1. The Hall–Kier alpha value is -3.46. The van der Waals surface area contributed by atoms with Crippen molar-refractivity contribution in [3.8, 4) is 0 Å². The van der Waals surface area contributed by atoms with Gasteiger partial charge in [0.2, 0.25) is 11.8 Å². The predicted molar refractivity (Wildman–Crippen MR) is 132 cm³/mol. The monoisotopic (exact) mass is 495 g/mol. The highest BCUT2D eigenvalue weighted by Gasteiger charge is 2.35. The number of halogens is 1. The third-order valence-corrected chi connectivity index (χ3v) is 6.95. The highest BCUT2D eigenvalue weighted by Crippen LogP contribution is 2.32. The van der Waals surface area contributed by atoms with E-state index in [0.717, 1.165) is 28.6 Å². The summed E-state index contributed by atoms with van der Waals surface area (Å²) < 4.78 is 13.9. The van der Waals surface area contributed by atoms with Crippen molar-refractivity contribution in [3.05, 3.63) is 76.4 Å². The minimum Gasteiger partial charge on any atom is -0.354 e. The van der Waals surface area contributed by atoms with Crippen LogP contribution in [0, 0.1) is 11.7 Å². The minimum absolute atomic E-state index is 0.00634. The van der Waals surface area contributed by atoms with Gasteiger partial charge < -0.3 is 10.2 Å². The lowest BCUT2D eigenvalue weighted by atomic mass is 9.96. The molecule has 7 nitrogen and oxygen atoms in total. The van der Waals surface area contributed by atoms with Gasteiger partial charge >= 0.3 is 0 Å². The summed E-state index contributed by atoms with van der Waals surface area (Å²) in [4.78, 5) is 53.2. The second-order valence-corrected chi connectivity index (χ2v) is 9.48. The molecule has 182 valence electrons. The number of carbonyl (C=O) groups is 4. The fraction of sp³-hybridized carbons (Fsp3) is 0.308. The normalized spacial score (nSPS) is 19.3. The van der Waals surface area contributed by atoms with Crippen LogP contribution in [0.2, 0.25) is 0 Å². The Labute approximate surface area is 207 Å². The molecule has 35 heavy (non-hydrogen) atoms. The Morgan fingerprint density at radius 1 is 1.09 bits per heavy atom. The van der Waals surface area contributed by atoms with Crippen molar-refractivity contribution < 1.29 is 23.6 Å². The van der Waals surface area contributed by atoms with Gasteiger partial charge in [0.15, 0.2) is 0 Å². The van der Waals surface area contributed by atoms with E-state index in [1.807, 2.05) is 30.3 Å². The molecule has 0 saturated carbocycles. The highest BCUT2D eigenvalue weighted by atomic mass is 32.2. The molecule has 2 aliphatic rings. The van der Waals surface area contributed by atoms with Crippen molar-refractivity contribution in [2.75, 3.05) is 26.2 Å². The first kappa shape index (κ1) is 24.7. The largest absolute Gasteiger partial charge is 0.354 e. The van der Waals surface area contributed by atoms with Crippen LogP contribution in [-0.4, -0.2) is 58.9 Å². The number of benzene rings is 2. The fourth-order valence-corrected chi connectivity index (χ4v) is 5.02. The number of piperidine rings is 1. The van der Waals surface area contributed by atoms with Crippen molar-refractivity contribution in [2.24, 2.45) is 5.92 Å². The van der Waals surface area contributed by atoms with Crippen LogP contribution in [-0.2, 0) is 20.8 Å². The summed E-state index contributed by atoms with van der Waals surface area (Å²) in [5.41, 5.74) is 1.17. The molecule has 2 aromatic carbocycles. The van der Waals surface area contributed by atoms with Crippen LogP contribution < -0.4 is 5.32 Å². The molecule has 4 amide bonds. The van der Waals surface area contributed by atoms with Crippen molar-refractivity contribution in [2.45, 2.75) is 19.3 Å². The maximum Gasteiger partial charge on any atom is 0.293 e. The van der Waals surface area contributed by atoms with Gasteiger partial charge in [-0.15, -0.1) is 0 Å².